The molecule has 1 amide bonds. The quantitative estimate of drug-likeness (QED) is 0.889. The topological polar surface area (TPSA) is 60.3 Å². The molecule has 100 valence electrons. The summed E-state index contributed by atoms with van der Waals surface area (Å²) >= 11 is 0. The molecule has 18 heavy (non-hydrogen) atoms. The number of alkyl halides is 2. The molecule has 0 radical (unpaired) electrons. The Kier molecular flexibility index (Phi) is 4.05. The largest absolute Gasteiger partial charge is 0.444 e. The summed E-state index contributed by atoms with van der Waals surface area (Å²) < 4.78 is 29.8. The van der Waals surface area contributed by atoms with Gasteiger partial charge in [0.15, 0.2) is 0 Å². The van der Waals surface area contributed by atoms with Crippen LogP contribution >= 0.6 is 0 Å². The fraction of sp³-hybridized carbons (Fsp3) is 0.455. The summed E-state index contributed by atoms with van der Waals surface area (Å²) in [5.74, 6) is 0. The molecule has 0 aromatic carbocycles. The van der Waals surface area contributed by atoms with Gasteiger partial charge in [0.2, 0.25) is 0 Å². The number of amides is 1. The molecule has 5 nitrogen and oxygen atoms in total. The van der Waals surface area contributed by atoms with Crippen molar-refractivity contribution in [1.29, 1.82) is 0 Å². The average Bonchev–Trinajstić information content (AvgIpc) is 2.13. The Labute approximate surface area is 102 Å². The van der Waals surface area contributed by atoms with E-state index in [1.165, 1.54) is 6.07 Å². The summed E-state index contributed by atoms with van der Waals surface area (Å²) in [6.07, 6.45) is 0.149. The van der Waals surface area contributed by atoms with Gasteiger partial charge >= 0.3 is 12.6 Å². The van der Waals surface area contributed by atoms with Gasteiger partial charge in [-0.1, -0.05) is 0 Å². The first-order chi connectivity index (χ1) is 8.19. The Morgan fingerprint density at radius 2 is 2.06 bits per heavy atom. The number of nitrogens with zero attached hydrogens (tertiary/aromatic N) is 1. The van der Waals surface area contributed by atoms with Crippen LogP contribution in [0, 0.1) is 0 Å². The molecule has 1 heterocycles. The van der Waals surface area contributed by atoms with Gasteiger partial charge < -0.3 is 4.74 Å². The average molecular weight is 260 g/mol. The van der Waals surface area contributed by atoms with Gasteiger partial charge in [-0.3, -0.25) is 14.7 Å². The predicted octanol–water partition coefficient (Wildman–Crippen LogP) is 2.59. The van der Waals surface area contributed by atoms with E-state index in [0.717, 1.165) is 12.3 Å². The van der Waals surface area contributed by atoms with Crippen molar-refractivity contribution in [2.75, 3.05) is 5.32 Å². The smallest absolute Gasteiger partial charge is 0.412 e. The number of carbonyl (C=O) groups excluding carboxylic acids is 1. The van der Waals surface area contributed by atoms with Crippen LogP contribution in [0.5, 0.6) is 0 Å². The van der Waals surface area contributed by atoms with Gasteiger partial charge in [0.05, 0.1) is 5.69 Å². The van der Waals surface area contributed by atoms with E-state index in [0.29, 0.717) is 0 Å². The number of pyridine rings is 1. The Hall–Kier alpha value is -1.92. The van der Waals surface area contributed by atoms with Crippen LogP contribution in [-0.4, -0.2) is 16.3 Å². The molecule has 1 aromatic rings. The molecule has 0 spiro atoms. The maximum absolute atomic E-state index is 12.3. The van der Waals surface area contributed by atoms with Crippen molar-refractivity contribution in [3.8, 4) is 0 Å². The zero-order valence-corrected chi connectivity index (χ0v) is 10.2. The van der Waals surface area contributed by atoms with Crippen LogP contribution in [0.3, 0.4) is 0 Å². The van der Waals surface area contributed by atoms with E-state index in [-0.39, 0.29) is 10.3 Å². The van der Waals surface area contributed by atoms with Gasteiger partial charge in [-0.2, -0.15) is 8.78 Å². The van der Waals surface area contributed by atoms with Gasteiger partial charge in [-0.15, -0.1) is 0 Å². The molecule has 0 atom stereocenters. The van der Waals surface area contributed by atoms with Crippen molar-refractivity contribution in [3.05, 3.63) is 28.7 Å². The second kappa shape index (κ2) is 5.16. The molecule has 0 fully saturated rings. The van der Waals surface area contributed by atoms with Gasteiger partial charge in [0.25, 0.3) is 5.56 Å². The lowest BCUT2D eigenvalue weighted by Gasteiger charge is -2.19. The number of nitrogens with one attached hydrogen (secondary N) is 1. The monoisotopic (exact) mass is 260 g/mol. The number of carbonyl (C=O) groups is 1. The lowest BCUT2D eigenvalue weighted by Crippen LogP contribution is -2.28. The summed E-state index contributed by atoms with van der Waals surface area (Å²) in [5, 5.41) is 2.29. The van der Waals surface area contributed by atoms with Crippen molar-refractivity contribution >= 4 is 11.8 Å². The Morgan fingerprint density at radius 3 is 2.50 bits per heavy atom. The third kappa shape index (κ3) is 4.15. The molecule has 0 aliphatic rings. The molecular weight excluding hydrogens is 246 g/mol. The molecule has 0 unspecified atom stereocenters. The minimum absolute atomic E-state index is 0.103. The second-order valence-corrected chi connectivity index (χ2v) is 4.57. The van der Waals surface area contributed by atoms with Crippen LogP contribution in [0.4, 0.5) is 19.3 Å². The Balaban J connectivity index is 2.78. The maximum Gasteiger partial charge on any atom is 0.412 e. The molecule has 7 heteroatoms. The van der Waals surface area contributed by atoms with Crippen molar-refractivity contribution < 1.29 is 18.3 Å². The number of aromatic nitrogens is 1. The zero-order chi connectivity index (χ0) is 13.9. The molecule has 0 aliphatic carbocycles. The third-order valence-electron chi connectivity index (χ3n) is 1.80. The van der Waals surface area contributed by atoms with Crippen LogP contribution in [0.2, 0.25) is 0 Å². The van der Waals surface area contributed by atoms with E-state index in [9.17, 15) is 18.4 Å². The van der Waals surface area contributed by atoms with Crippen LogP contribution in [-0.2, 0) is 4.74 Å². The highest BCUT2D eigenvalue weighted by Gasteiger charge is 2.16. The standard InChI is InChI=1S/C11H14F2N2O3/c1-11(2,3)18-10(17)14-7-4-5-15(9(12)13)8(16)6-7/h4-6,9H,1-3H3,(H,14,17). The number of anilines is 1. The Morgan fingerprint density at radius 1 is 1.44 bits per heavy atom. The fourth-order valence-corrected chi connectivity index (χ4v) is 1.15. The predicted molar refractivity (Wildman–Crippen MR) is 61.8 cm³/mol. The summed E-state index contributed by atoms with van der Waals surface area (Å²) in [5.41, 5.74) is -1.48. The molecule has 0 aliphatic heterocycles. The fourth-order valence-electron chi connectivity index (χ4n) is 1.15. The van der Waals surface area contributed by atoms with Crippen LogP contribution < -0.4 is 10.9 Å². The highest BCUT2D eigenvalue weighted by molar-refractivity contribution is 5.84. The van der Waals surface area contributed by atoms with Gasteiger partial charge in [-0.25, -0.2) is 4.79 Å². The van der Waals surface area contributed by atoms with E-state index in [2.05, 4.69) is 5.32 Å². The SMILES string of the molecule is CC(C)(C)OC(=O)Nc1ccn(C(F)F)c(=O)c1. The van der Waals surface area contributed by atoms with Gasteiger partial charge in [0, 0.05) is 12.3 Å². The van der Waals surface area contributed by atoms with E-state index >= 15 is 0 Å². The van der Waals surface area contributed by atoms with Crippen LogP contribution in [0.1, 0.15) is 27.3 Å². The van der Waals surface area contributed by atoms with Crippen LogP contribution in [0.25, 0.3) is 0 Å². The zero-order valence-electron chi connectivity index (χ0n) is 10.2. The highest BCUT2D eigenvalue weighted by atomic mass is 19.3. The number of ether oxygens (including phenoxy) is 1. The van der Waals surface area contributed by atoms with Crippen LogP contribution in [0.15, 0.2) is 23.1 Å². The summed E-state index contributed by atoms with van der Waals surface area (Å²) in [6, 6.07) is 2.09. The van der Waals surface area contributed by atoms with Gasteiger partial charge in [0.1, 0.15) is 5.60 Å². The van der Waals surface area contributed by atoms with Gasteiger partial charge in [-0.05, 0) is 26.8 Å². The normalized spacial score (nSPS) is 11.4. The van der Waals surface area contributed by atoms with E-state index in [1.54, 1.807) is 20.8 Å². The number of halogens is 2. The van der Waals surface area contributed by atoms with Crippen molar-refractivity contribution in [3.63, 3.8) is 0 Å². The van der Waals surface area contributed by atoms with E-state index < -0.39 is 23.8 Å². The minimum Gasteiger partial charge on any atom is -0.444 e. The molecule has 1 N–H and O–H groups in total. The molecular formula is C11H14F2N2O3. The molecule has 1 aromatic heterocycles. The van der Waals surface area contributed by atoms with Crippen molar-refractivity contribution in [2.24, 2.45) is 0 Å². The molecule has 0 bridgehead atoms. The summed E-state index contributed by atoms with van der Waals surface area (Å²) in [4.78, 5) is 22.6. The summed E-state index contributed by atoms with van der Waals surface area (Å²) in [7, 11) is 0. The first kappa shape index (κ1) is 14.1. The molecule has 0 saturated carbocycles. The number of rotatable bonds is 2. The number of hydrogen-bond acceptors (Lipinski definition) is 3. The number of hydrogen-bond donors (Lipinski definition) is 1. The Bertz CT molecular complexity index is 492. The lowest BCUT2D eigenvalue weighted by atomic mass is 10.2. The van der Waals surface area contributed by atoms with E-state index in [1.807, 2.05) is 0 Å². The molecule has 1 rings (SSSR count). The minimum atomic E-state index is -2.91. The first-order valence-corrected chi connectivity index (χ1v) is 5.19. The summed E-state index contributed by atoms with van der Waals surface area (Å²) in [6.45, 7) is 2.14. The third-order valence-corrected chi connectivity index (χ3v) is 1.80. The van der Waals surface area contributed by atoms with Crippen molar-refractivity contribution in [2.45, 2.75) is 32.9 Å². The lowest BCUT2D eigenvalue weighted by molar-refractivity contribution is 0.0636. The first-order valence-electron chi connectivity index (χ1n) is 5.19. The molecule has 0 saturated heterocycles. The van der Waals surface area contributed by atoms with E-state index in [4.69, 9.17) is 4.74 Å². The highest BCUT2D eigenvalue weighted by Crippen LogP contribution is 2.12. The van der Waals surface area contributed by atoms with Crippen molar-refractivity contribution in [1.82, 2.24) is 4.57 Å². The second-order valence-electron chi connectivity index (χ2n) is 4.57. The maximum atomic E-state index is 12.3.